The molecule has 1 atom stereocenters. The Morgan fingerprint density at radius 2 is 2.32 bits per heavy atom. The van der Waals surface area contributed by atoms with Crippen molar-refractivity contribution in [3.63, 3.8) is 0 Å². The van der Waals surface area contributed by atoms with Crippen LogP contribution in [0, 0.1) is 0 Å². The molecule has 2 aromatic rings. The van der Waals surface area contributed by atoms with E-state index in [-0.39, 0.29) is 12.0 Å². The zero-order valence-electron chi connectivity index (χ0n) is 12.0. The maximum absolute atomic E-state index is 12.4. The lowest BCUT2D eigenvalue weighted by Gasteiger charge is -2.32. The molecule has 1 fully saturated rings. The Labute approximate surface area is 133 Å². The molecule has 22 heavy (non-hydrogen) atoms. The van der Waals surface area contributed by atoms with Crippen LogP contribution in [0.5, 0.6) is 0 Å². The standard InChI is InChI=1S/C16H16ClN3O2/c17-13-3-1-2-12(8-13)9-14-11-20(6-7-22-14)16(21)15-10-18-4-5-19-15/h1-5,8,10,14H,6-7,9,11H2. The Balaban J connectivity index is 1.65. The van der Waals surface area contributed by atoms with Crippen LogP contribution in [0.3, 0.4) is 0 Å². The molecule has 1 aromatic carbocycles. The molecule has 0 N–H and O–H groups in total. The number of morpholine rings is 1. The molecule has 2 heterocycles. The fraction of sp³-hybridized carbons (Fsp3) is 0.312. The number of carbonyl (C=O) groups excluding carboxylic acids is 1. The number of ether oxygens (including phenoxy) is 1. The summed E-state index contributed by atoms with van der Waals surface area (Å²) >= 11 is 6.00. The van der Waals surface area contributed by atoms with Gasteiger partial charge in [-0.05, 0) is 17.7 Å². The maximum Gasteiger partial charge on any atom is 0.274 e. The second kappa shape index (κ2) is 6.85. The topological polar surface area (TPSA) is 55.3 Å². The molecule has 1 aromatic heterocycles. The molecular weight excluding hydrogens is 302 g/mol. The largest absolute Gasteiger partial charge is 0.374 e. The van der Waals surface area contributed by atoms with E-state index in [0.29, 0.717) is 30.4 Å². The van der Waals surface area contributed by atoms with Crippen molar-refractivity contribution in [1.29, 1.82) is 0 Å². The van der Waals surface area contributed by atoms with E-state index in [4.69, 9.17) is 16.3 Å². The molecule has 114 valence electrons. The van der Waals surface area contributed by atoms with Crippen LogP contribution in [0.2, 0.25) is 5.02 Å². The van der Waals surface area contributed by atoms with Gasteiger partial charge in [0.05, 0.1) is 18.9 Å². The SMILES string of the molecule is O=C(c1cnccn1)N1CCOC(Cc2cccc(Cl)c2)C1. The molecule has 3 rings (SSSR count). The van der Waals surface area contributed by atoms with Crippen molar-refractivity contribution in [2.24, 2.45) is 0 Å². The lowest BCUT2D eigenvalue weighted by atomic mass is 10.1. The predicted octanol–water partition coefficient (Wildman–Crippen LogP) is 2.21. The number of benzene rings is 1. The molecule has 0 radical (unpaired) electrons. The normalized spacial score (nSPS) is 18.2. The smallest absolute Gasteiger partial charge is 0.274 e. The highest BCUT2D eigenvalue weighted by molar-refractivity contribution is 6.30. The van der Waals surface area contributed by atoms with Crippen molar-refractivity contribution < 1.29 is 9.53 Å². The number of rotatable bonds is 3. The molecule has 0 saturated carbocycles. The van der Waals surface area contributed by atoms with Gasteiger partial charge in [0.2, 0.25) is 0 Å². The fourth-order valence-electron chi connectivity index (χ4n) is 2.53. The van der Waals surface area contributed by atoms with Crippen LogP contribution in [0.4, 0.5) is 0 Å². The first-order valence-electron chi connectivity index (χ1n) is 7.14. The molecule has 0 aliphatic carbocycles. The fourth-order valence-corrected chi connectivity index (χ4v) is 2.74. The zero-order valence-corrected chi connectivity index (χ0v) is 12.7. The summed E-state index contributed by atoms with van der Waals surface area (Å²) in [5, 5.41) is 0.709. The average molecular weight is 318 g/mol. The summed E-state index contributed by atoms with van der Waals surface area (Å²) in [6.45, 7) is 1.64. The molecule has 1 aliphatic rings. The zero-order chi connectivity index (χ0) is 15.4. The number of nitrogens with zero attached hydrogens (tertiary/aromatic N) is 3. The number of carbonyl (C=O) groups is 1. The van der Waals surface area contributed by atoms with Gasteiger partial charge in [0, 0.05) is 36.9 Å². The summed E-state index contributed by atoms with van der Waals surface area (Å²) in [4.78, 5) is 22.2. The van der Waals surface area contributed by atoms with Crippen molar-refractivity contribution in [2.75, 3.05) is 19.7 Å². The molecular formula is C16H16ClN3O2. The predicted molar refractivity (Wildman–Crippen MR) is 82.8 cm³/mol. The van der Waals surface area contributed by atoms with Gasteiger partial charge in [-0.2, -0.15) is 0 Å². The Morgan fingerprint density at radius 1 is 1.41 bits per heavy atom. The van der Waals surface area contributed by atoms with Crippen LogP contribution in [0.1, 0.15) is 16.1 Å². The van der Waals surface area contributed by atoms with Gasteiger partial charge in [0.25, 0.3) is 5.91 Å². The Morgan fingerprint density at radius 3 is 3.09 bits per heavy atom. The second-order valence-electron chi connectivity index (χ2n) is 5.17. The third-order valence-electron chi connectivity index (χ3n) is 3.56. The molecule has 1 amide bonds. The number of amides is 1. The van der Waals surface area contributed by atoms with E-state index >= 15 is 0 Å². The summed E-state index contributed by atoms with van der Waals surface area (Å²) in [6.07, 6.45) is 5.26. The number of hydrogen-bond acceptors (Lipinski definition) is 4. The lowest BCUT2D eigenvalue weighted by Crippen LogP contribution is -2.46. The number of aromatic nitrogens is 2. The number of halogens is 1. The van der Waals surface area contributed by atoms with Crippen LogP contribution < -0.4 is 0 Å². The van der Waals surface area contributed by atoms with E-state index in [1.807, 2.05) is 24.3 Å². The van der Waals surface area contributed by atoms with Crippen molar-refractivity contribution in [1.82, 2.24) is 14.9 Å². The Hall–Kier alpha value is -1.98. The highest BCUT2D eigenvalue weighted by Crippen LogP contribution is 2.16. The van der Waals surface area contributed by atoms with Crippen molar-refractivity contribution in [3.8, 4) is 0 Å². The van der Waals surface area contributed by atoms with Crippen molar-refractivity contribution in [2.45, 2.75) is 12.5 Å². The van der Waals surface area contributed by atoms with E-state index in [9.17, 15) is 4.79 Å². The van der Waals surface area contributed by atoms with Gasteiger partial charge >= 0.3 is 0 Å². The minimum absolute atomic E-state index is 0.0344. The van der Waals surface area contributed by atoms with E-state index in [2.05, 4.69) is 9.97 Å². The van der Waals surface area contributed by atoms with Crippen molar-refractivity contribution in [3.05, 3.63) is 59.1 Å². The van der Waals surface area contributed by atoms with Crippen LogP contribution >= 0.6 is 11.6 Å². The van der Waals surface area contributed by atoms with E-state index in [0.717, 1.165) is 12.0 Å². The van der Waals surface area contributed by atoms with Crippen LogP contribution in [-0.4, -0.2) is 46.6 Å². The molecule has 6 heteroatoms. The summed E-state index contributed by atoms with van der Waals surface area (Å²) in [6, 6.07) is 7.70. The van der Waals surface area contributed by atoms with Gasteiger partial charge in [-0.1, -0.05) is 23.7 Å². The molecule has 1 saturated heterocycles. The van der Waals surface area contributed by atoms with Gasteiger partial charge in [-0.3, -0.25) is 9.78 Å². The summed E-state index contributed by atoms with van der Waals surface area (Å²) in [5.41, 5.74) is 1.47. The van der Waals surface area contributed by atoms with Crippen LogP contribution in [-0.2, 0) is 11.2 Å². The second-order valence-corrected chi connectivity index (χ2v) is 5.61. The highest BCUT2D eigenvalue weighted by Gasteiger charge is 2.26. The van der Waals surface area contributed by atoms with E-state index in [1.165, 1.54) is 12.4 Å². The Kier molecular flexibility index (Phi) is 4.65. The molecule has 0 bridgehead atoms. The number of hydrogen-bond donors (Lipinski definition) is 0. The van der Waals surface area contributed by atoms with E-state index in [1.54, 1.807) is 11.1 Å². The van der Waals surface area contributed by atoms with Crippen molar-refractivity contribution >= 4 is 17.5 Å². The Bertz CT molecular complexity index is 651. The molecule has 5 nitrogen and oxygen atoms in total. The van der Waals surface area contributed by atoms with Gasteiger partial charge < -0.3 is 9.64 Å². The molecule has 1 unspecified atom stereocenters. The quantitative estimate of drug-likeness (QED) is 0.871. The lowest BCUT2D eigenvalue weighted by molar-refractivity contribution is -0.0210. The van der Waals surface area contributed by atoms with E-state index < -0.39 is 0 Å². The highest BCUT2D eigenvalue weighted by atomic mass is 35.5. The van der Waals surface area contributed by atoms with Crippen LogP contribution in [0.25, 0.3) is 0 Å². The molecule has 1 aliphatic heterocycles. The van der Waals surface area contributed by atoms with Gasteiger partial charge in [0.15, 0.2) is 0 Å². The first-order chi connectivity index (χ1) is 10.7. The first-order valence-corrected chi connectivity index (χ1v) is 7.51. The maximum atomic E-state index is 12.4. The summed E-state index contributed by atoms with van der Waals surface area (Å²) in [5.74, 6) is -0.104. The van der Waals surface area contributed by atoms with Gasteiger partial charge in [-0.25, -0.2) is 4.98 Å². The third-order valence-corrected chi connectivity index (χ3v) is 3.80. The van der Waals surface area contributed by atoms with Crippen LogP contribution in [0.15, 0.2) is 42.9 Å². The van der Waals surface area contributed by atoms with Gasteiger partial charge in [-0.15, -0.1) is 0 Å². The molecule has 0 spiro atoms. The third kappa shape index (κ3) is 3.61. The van der Waals surface area contributed by atoms with Gasteiger partial charge in [0.1, 0.15) is 5.69 Å². The minimum Gasteiger partial charge on any atom is -0.374 e. The minimum atomic E-state index is -0.104. The first kappa shape index (κ1) is 14.9. The average Bonchev–Trinajstić information content (AvgIpc) is 2.55. The monoisotopic (exact) mass is 317 g/mol. The summed E-state index contributed by atoms with van der Waals surface area (Å²) < 4.78 is 5.77. The summed E-state index contributed by atoms with van der Waals surface area (Å²) in [7, 11) is 0.